The van der Waals surface area contributed by atoms with Crippen molar-refractivity contribution in [2.75, 3.05) is 30.7 Å². The van der Waals surface area contributed by atoms with E-state index in [0.717, 1.165) is 35.2 Å². The molecule has 25 heteroatoms. The molecule has 2 aromatic heterocycles. The van der Waals surface area contributed by atoms with Crippen molar-refractivity contribution in [1.29, 1.82) is 0 Å². The molecular weight excluding hydrogens is 725 g/mol. The number of carbonyl (C=O) groups excluding carboxylic acids is 2. The van der Waals surface area contributed by atoms with Crippen LogP contribution in [0.2, 0.25) is 0 Å². The number of ketones is 1. The summed E-state index contributed by atoms with van der Waals surface area (Å²) in [5, 5.41) is 19.5. The number of rotatable bonds is 11. The molecule has 45 heavy (non-hydrogen) atoms. The number of anilines is 2. The third-order valence-corrected chi connectivity index (χ3v) is 10.6. The fraction of sp³-hybridized carbons (Fsp3) is 0.400. The lowest BCUT2D eigenvalue weighted by Gasteiger charge is -2.14. The second-order valence-corrected chi connectivity index (χ2v) is 17.3. The van der Waals surface area contributed by atoms with E-state index in [1.165, 1.54) is 24.8 Å². The zero-order valence-corrected chi connectivity index (χ0v) is 28.8. The van der Waals surface area contributed by atoms with Crippen LogP contribution >= 0.6 is 22.7 Å². The second kappa shape index (κ2) is 16.0. The monoisotopic (exact) mass is 754 g/mol. The van der Waals surface area contributed by atoms with E-state index < -0.39 is 58.5 Å². The Labute approximate surface area is 267 Å². The van der Waals surface area contributed by atoms with Gasteiger partial charge >= 0.3 is 11.9 Å². The number of thiophene rings is 2. The normalized spacial score (nSPS) is 13.8. The Morgan fingerprint density at radius 1 is 1.00 bits per heavy atom. The predicted octanol–water partition coefficient (Wildman–Crippen LogP) is -1.05. The Kier molecular flexibility index (Phi) is 14.2. The third-order valence-electron chi connectivity index (χ3n) is 4.68. The molecule has 0 spiro atoms. The van der Waals surface area contributed by atoms with Gasteiger partial charge in [0.2, 0.25) is 30.1 Å². The summed E-state index contributed by atoms with van der Waals surface area (Å²) in [7, 11) is -13.6. The number of esters is 1. The summed E-state index contributed by atoms with van der Waals surface area (Å²) in [6.07, 6.45) is 1.27. The minimum atomic E-state index is -4.05. The zero-order valence-electron chi connectivity index (χ0n) is 23.9. The zero-order chi connectivity index (χ0) is 35.0. The maximum atomic E-state index is 12.1. The second-order valence-electron chi connectivity index (χ2n) is 8.77. The van der Waals surface area contributed by atoms with Gasteiger partial charge in [-0.3, -0.25) is 14.4 Å². The highest BCUT2D eigenvalue weighted by molar-refractivity contribution is 7.91. The molecular formula is C20H30N6O13S6. The summed E-state index contributed by atoms with van der Waals surface area (Å²) in [5.74, 6) is -2.04. The quantitative estimate of drug-likeness (QED) is 0.118. The molecule has 3 rings (SSSR count). The highest BCUT2D eigenvalue weighted by Crippen LogP contribution is 2.36. The highest BCUT2D eigenvalue weighted by Gasteiger charge is 2.30. The van der Waals surface area contributed by atoms with Gasteiger partial charge in [0.15, 0.2) is 0 Å². The molecule has 0 fully saturated rings. The number of aliphatic carboxylic acids is 1. The van der Waals surface area contributed by atoms with E-state index in [2.05, 4.69) is 23.9 Å². The number of nitrogens with one attached hydrogen (secondary N) is 3. The largest absolute Gasteiger partial charge is 0.481 e. The van der Waals surface area contributed by atoms with Crippen LogP contribution in [0.4, 0.5) is 10.0 Å². The van der Waals surface area contributed by atoms with Gasteiger partial charge in [-0.1, -0.05) is 0 Å². The van der Waals surface area contributed by atoms with Gasteiger partial charge in [-0.15, -0.1) is 27.1 Å². The Morgan fingerprint density at radius 3 is 1.93 bits per heavy atom. The molecule has 0 saturated heterocycles. The van der Waals surface area contributed by atoms with Crippen LogP contribution in [0, 0.1) is 0 Å². The number of methoxy groups -OCH3 is 1. The number of ether oxygens (including phenoxy) is 1. The van der Waals surface area contributed by atoms with E-state index >= 15 is 0 Å². The number of amidine groups is 1. The van der Waals surface area contributed by atoms with E-state index in [1.54, 1.807) is 0 Å². The van der Waals surface area contributed by atoms with E-state index in [0.29, 0.717) is 0 Å². The first-order valence-electron chi connectivity index (χ1n) is 11.6. The highest BCUT2D eigenvalue weighted by atomic mass is 32.2. The number of Topliss-reactive ketones (excluding diaryl/α,β-unsaturated/α-hetero) is 1. The topological polar surface area (TPSA) is 318 Å². The molecule has 0 bridgehead atoms. The summed E-state index contributed by atoms with van der Waals surface area (Å²) in [5.41, 5.74) is 5.95. The average Bonchev–Trinajstić information content (AvgIpc) is 3.43. The fourth-order valence-corrected chi connectivity index (χ4v) is 8.51. The number of nitrogen functional groups attached to an aromatic ring is 1. The first kappa shape index (κ1) is 40.0. The molecule has 8 N–H and O–H groups in total. The summed E-state index contributed by atoms with van der Waals surface area (Å²) in [6.45, 7) is 1.00. The molecule has 1 aliphatic rings. The SMILES string of the molecule is COC(=O)CC(C)=O.CS(=O)(=O)NCc1csc(N)c1S(N)(=O)=O.CS(=O)(=O)NCc1csc2c1S(=O)(=O)N=C(CC(=O)O)N2. The molecule has 0 radical (unpaired) electrons. The lowest BCUT2D eigenvalue weighted by molar-refractivity contribution is -0.143. The van der Waals surface area contributed by atoms with E-state index in [1.807, 2.05) is 0 Å². The molecule has 0 aliphatic carbocycles. The first-order valence-corrected chi connectivity index (χ1v) is 20.2. The van der Waals surface area contributed by atoms with E-state index in [4.69, 9.17) is 16.0 Å². The van der Waals surface area contributed by atoms with Crippen LogP contribution in [0.1, 0.15) is 30.9 Å². The standard InChI is InChI=1S/C9H11N3O6S3.C6H11N3O4S3.C5H8O3/c1-20(15,16)10-3-5-4-19-9-8(5)21(17,18)12-6(11-9)2-7(13)14;1-15(10,11)9-2-4-3-14-6(7)5(4)16(8,12)13;1-4(6)3-5(7)8-2/h4,10H,2-3H2,1H3,(H,11,12)(H,13,14);3,9H,2,7H2,1H3,(H2,8,12,13);3H2,1-2H3. The molecule has 0 amide bonds. The fourth-order valence-electron chi connectivity index (χ4n) is 2.98. The van der Waals surface area contributed by atoms with Gasteiger partial charge in [0.05, 0.1) is 19.6 Å². The lowest BCUT2D eigenvalue weighted by Crippen LogP contribution is -2.25. The van der Waals surface area contributed by atoms with E-state index in [-0.39, 0.29) is 62.0 Å². The van der Waals surface area contributed by atoms with Crippen molar-refractivity contribution in [3.63, 3.8) is 0 Å². The van der Waals surface area contributed by atoms with E-state index in [9.17, 15) is 48.1 Å². The number of primary sulfonamides is 1. The molecule has 2 aromatic rings. The van der Waals surface area contributed by atoms with Crippen molar-refractivity contribution in [3.8, 4) is 0 Å². The molecule has 0 atom stereocenters. The number of carbonyl (C=O) groups is 3. The van der Waals surface area contributed by atoms with Crippen LogP contribution in [0.15, 0.2) is 24.9 Å². The molecule has 0 saturated carbocycles. The van der Waals surface area contributed by atoms with Crippen LogP contribution in [-0.2, 0) is 72.3 Å². The van der Waals surface area contributed by atoms with Gasteiger partial charge in [-0.2, -0.15) is 8.42 Å². The lowest BCUT2D eigenvalue weighted by atomic mass is 10.3. The predicted molar refractivity (Wildman–Crippen MR) is 166 cm³/mol. The minimum absolute atomic E-state index is 0.0489. The van der Waals surface area contributed by atoms with Crippen molar-refractivity contribution >= 4 is 96.3 Å². The van der Waals surface area contributed by atoms with Gasteiger partial charge in [-0.25, -0.2) is 39.8 Å². The van der Waals surface area contributed by atoms with Crippen LogP contribution in [0.5, 0.6) is 0 Å². The summed E-state index contributed by atoms with van der Waals surface area (Å²) < 4.78 is 102. The summed E-state index contributed by atoms with van der Waals surface area (Å²) in [4.78, 5) is 30.6. The number of hydrogen-bond donors (Lipinski definition) is 6. The smallest absolute Gasteiger partial charge is 0.313 e. The number of sulfonamides is 4. The van der Waals surface area contributed by atoms with Crippen LogP contribution in [-0.4, -0.2) is 82.0 Å². The van der Waals surface area contributed by atoms with Crippen molar-refractivity contribution in [2.45, 2.75) is 42.6 Å². The number of hydrogen-bond acceptors (Lipinski definition) is 16. The Morgan fingerprint density at radius 2 is 1.51 bits per heavy atom. The van der Waals surface area contributed by atoms with Gasteiger partial charge in [-0.05, 0) is 23.2 Å². The molecule has 3 heterocycles. The first-order chi connectivity index (χ1) is 20.4. The molecule has 0 unspecified atom stereocenters. The van der Waals surface area contributed by atoms with Gasteiger partial charge in [0, 0.05) is 18.7 Å². The Balaban J connectivity index is 0.000000373. The van der Waals surface area contributed by atoms with Gasteiger partial charge in [0.25, 0.3) is 10.0 Å². The average molecular weight is 755 g/mol. The van der Waals surface area contributed by atoms with Crippen molar-refractivity contribution in [2.24, 2.45) is 9.54 Å². The summed E-state index contributed by atoms with van der Waals surface area (Å²) >= 11 is 2.03. The van der Waals surface area contributed by atoms with Gasteiger partial charge < -0.3 is 20.9 Å². The number of carboxylic acids is 1. The summed E-state index contributed by atoms with van der Waals surface area (Å²) in [6, 6.07) is 0. The van der Waals surface area contributed by atoms with Crippen molar-refractivity contribution in [1.82, 2.24) is 9.44 Å². The van der Waals surface area contributed by atoms with Crippen LogP contribution in [0.3, 0.4) is 0 Å². The van der Waals surface area contributed by atoms with Gasteiger partial charge in [0.1, 0.15) is 44.3 Å². The third kappa shape index (κ3) is 14.3. The maximum Gasteiger partial charge on any atom is 0.313 e. The molecule has 19 nitrogen and oxygen atoms in total. The number of carboxylic acid groups (broad SMARTS) is 1. The van der Waals surface area contributed by atoms with Crippen molar-refractivity contribution < 1.29 is 57.9 Å². The Bertz CT molecular complexity index is 1890. The number of fused-ring (bicyclic) bond motifs is 1. The minimum Gasteiger partial charge on any atom is -0.481 e. The van der Waals surface area contributed by atoms with Crippen LogP contribution in [0.25, 0.3) is 0 Å². The molecule has 254 valence electrons. The van der Waals surface area contributed by atoms with Crippen LogP contribution < -0.4 is 25.6 Å². The maximum absolute atomic E-state index is 12.1. The number of nitrogens with zero attached hydrogens (tertiary/aromatic N) is 1. The van der Waals surface area contributed by atoms with Crippen molar-refractivity contribution in [3.05, 3.63) is 21.9 Å². The number of nitrogens with two attached hydrogens (primary N) is 2. The Hall–Kier alpha value is -3.04. The molecule has 1 aliphatic heterocycles. The molecule has 0 aromatic carbocycles.